The number of hydrogen-bond acceptors (Lipinski definition) is 15. The third kappa shape index (κ3) is 24.7. The first kappa shape index (κ1) is 61.7. The fraction of sp³-hybridized carbons (Fsp3) is 0.558. The summed E-state index contributed by atoms with van der Waals surface area (Å²) in [5.41, 5.74) is 11.4. The SMILES string of the molecule is CSCC[C@H](NC(=O)[C@@H](NC(=O)[C@H](CCC(=O)O)NC(=O)[C@H](Cc1ccccc1)NC(=O)[C@H](CCC(=O)O)NC(=O)[C@@H](N)CCC(N)=O)C(C)C)C(=O)N[C@@H](CCC(=O)O)C(=O)N[C@@H](CC(=O)O)C(=O)O. The first-order valence-corrected chi connectivity index (χ1v) is 23.4. The minimum atomic E-state index is -1.96. The maximum absolute atomic E-state index is 14.1. The molecule has 1 rings (SSSR count). The van der Waals surface area contributed by atoms with E-state index in [1.54, 1.807) is 36.6 Å². The van der Waals surface area contributed by atoms with Gasteiger partial charge in [-0.2, -0.15) is 11.8 Å². The first-order chi connectivity index (χ1) is 33.2. The van der Waals surface area contributed by atoms with Crippen LogP contribution in [0.15, 0.2) is 30.3 Å². The Kier molecular flexibility index (Phi) is 27.5. The highest BCUT2D eigenvalue weighted by Crippen LogP contribution is 2.12. The number of primary amides is 1. The lowest BCUT2D eigenvalue weighted by Crippen LogP contribution is -2.61. The smallest absolute Gasteiger partial charge is 0.326 e. The zero-order chi connectivity index (χ0) is 54.0. The van der Waals surface area contributed by atoms with Gasteiger partial charge in [-0.15, -0.1) is 0 Å². The minimum Gasteiger partial charge on any atom is -0.481 e. The van der Waals surface area contributed by atoms with Crippen molar-refractivity contribution >= 4 is 88.9 Å². The van der Waals surface area contributed by atoms with Crippen LogP contribution in [0.2, 0.25) is 0 Å². The number of hydrogen-bond donors (Lipinski definition) is 14. The predicted molar refractivity (Wildman–Crippen MR) is 248 cm³/mol. The van der Waals surface area contributed by atoms with Gasteiger partial charge in [0, 0.05) is 32.1 Å². The van der Waals surface area contributed by atoms with Gasteiger partial charge in [0.1, 0.15) is 42.3 Å². The van der Waals surface area contributed by atoms with Crippen molar-refractivity contribution in [1.29, 1.82) is 0 Å². The van der Waals surface area contributed by atoms with Crippen molar-refractivity contribution in [3.05, 3.63) is 35.9 Å². The average molecular weight is 1030 g/mol. The largest absolute Gasteiger partial charge is 0.481 e. The van der Waals surface area contributed by atoms with E-state index in [1.165, 1.54) is 25.6 Å². The molecule has 0 aliphatic carbocycles. The Bertz CT molecular complexity index is 2080. The fourth-order valence-electron chi connectivity index (χ4n) is 6.40. The van der Waals surface area contributed by atoms with Gasteiger partial charge in [-0.25, -0.2) is 4.79 Å². The summed E-state index contributed by atoms with van der Waals surface area (Å²) in [7, 11) is 0. The Hall–Kier alpha value is -7.36. The lowest BCUT2D eigenvalue weighted by Gasteiger charge is -2.29. The topological polar surface area (TPSA) is 459 Å². The number of amides is 8. The molecule has 0 radical (unpaired) electrons. The van der Waals surface area contributed by atoms with Crippen molar-refractivity contribution in [1.82, 2.24) is 37.2 Å². The van der Waals surface area contributed by atoms with Gasteiger partial charge in [-0.3, -0.25) is 57.5 Å². The van der Waals surface area contributed by atoms with Crippen LogP contribution in [0.5, 0.6) is 0 Å². The maximum Gasteiger partial charge on any atom is 0.326 e. The second kappa shape index (κ2) is 31.7. The van der Waals surface area contributed by atoms with Crippen molar-refractivity contribution in [2.75, 3.05) is 12.0 Å². The lowest BCUT2D eigenvalue weighted by atomic mass is 10.0. The van der Waals surface area contributed by atoms with E-state index >= 15 is 0 Å². The summed E-state index contributed by atoms with van der Waals surface area (Å²) in [4.78, 5) is 164. The first-order valence-electron chi connectivity index (χ1n) is 22.0. The zero-order valence-electron chi connectivity index (χ0n) is 39.2. The van der Waals surface area contributed by atoms with E-state index in [0.29, 0.717) is 5.56 Å². The van der Waals surface area contributed by atoms with Crippen LogP contribution in [0.1, 0.15) is 83.6 Å². The van der Waals surface area contributed by atoms with Crippen LogP contribution >= 0.6 is 11.8 Å². The third-order valence-electron chi connectivity index (χ3n) is 10.3. The van der Waals surface area contributed by atoms with E-state index in [4.69, 9.17) is 16.6 Å². The summed E-state index contributed by atoms with van der Waals surface area (Å²) in [5.74, 6) is -16.2. The predicted octanol–water partition coefficient (Wildman–Crippen LogP) is -3.22. The van der Waals surface area contributed by atoms with Gasteiger partial charge in [0.2, 0.25) is 47.3 Å². The highest BCUT2D eigenvalue weighted by Gasteiger charge is 2.36. The molecule has 16 N–H and O–H groups in total. The maximum atomic E-state index is 14.1. The molecule has 0 spiro atoms. The van der Waals surface area contributed by atoms with Crippen molar-refractivity contribution in [2.45, 2.75) is 133 Å². The minimum absolute atomic E-state index is 0.115. The van der Waals surface area contributed by atoms with E-state index in [9.17, 15) is 82.8 Å². The van der Waals surface area contributed by atoms with Crippen molar-refractivity contribution in [2.24, 2.45) is 17.4 Å². The number of carboxylic acids is 5. The molecular weight excluding hydrogens is 963 g/mol. The number of carboxylic acid groups (broad SMARTS) is 5. The van der Waals surface area contributed by atoms with Crippen LogP contribution in [0, 0.1) is 5.92 Å². The molecule has 8 amide bonds. The third-order valence-corrected chi connectivity index (χ3v) is 10.9. The van der Waals surface area contributed by atoms with E-state index in [0.717, 1.165) is 0 Å². The molecule has 27 nitrogen and oxygen atoms in total. The molecule has 0 saturated carbocycles. The molecule has 71 heavy (non-hydrogen) atoms. The summed E-state index contributed by atoms with van der Waals surface area (Å²) < 4.78 is 0. The molecule has 0 bridgehead atoms. The van der Waals surface area contributed by atoms with Crippen LogP contribution in [0.4, 0.5) is 0 Å². The molecule has 0 aromatic heterocycles. The highest BCUT2D eigenvalue weighted by atomic mass is 32.2. The van der Waals surface area contributed by atoms with Crippen molar-refractivity contribution in [3.8, 4) is 0 Å². The molecule has 1 aromatic rings. The molecule has 0 fully saturated rings. The number of thioether (sulfide) groups is 1. The second-order valence-electron chi connectivity index (χ2n) is 16.4. The van der Waals surface area contributed by atoms with Gasteiger partial charge in [0.05, 0.1) is 12.5 Å². The molecule has 28 heteroatoms. The van der Waals surface area contributed by atoms with Crippen molar-refractivity contribution < 1.29 is 87.9 Å². The summed E-state index contributed by atoms with van der Waals surface area (Å²) in [6, 6.07) is -4.86. The van der Waals surface area contributed by atoms with Crippen LogP contribution in [0.3, 0.4) is 0 Å². The highest BCUT2D eigenvalue weighted by molar-refractivity contribution is 7.98. The Morgan fingerprint density at radius 3 is 1.30 bits per heavy atom. The summed E-state index contributed by atoms with van der Waals surface area (Å²) in [5, 5.41) is 63.0. The molecule has 0 heterocycles. The number of carbonyl (C=O) groups is 13. The average Bonchev–Trinajstić information content (AvgIpc) is 3.28. The molecule has 8 atom stereocenters. The van der Waals surface area contributed by atoms with Gasteiger partial charge < -0.3 is 74.2 Å². The van der Waals surface area contributed by atoms with E-state index in [-0.39, 0.29) is 31.4 Å². The van der Waals surface area contributed by atoms with Crippen LogP contribution in [0.25, 0.3) is 0 Å². The Balaban J connectivity index is 3.52. The number of nitrogens with two attached hydrogens (primary N) is 2. The molecule has 0 unspecified atom stereocenters. The molecule has 394 valence electrons. The number of aliphatic carboxylic acids is 5. The summed E-state index contributed by atoms with van der Waals surface area (Å²) in [6.45, 7) is 2.98. The van der Waals surface area contributed by atoms with Gasteiger partial charge in [-0.1, -0.05) is 44.2 Å². The number of carbonyl (C=O) groups excluding carboxylic acids is 8. The summed E-state index contributed by atoms with van der Waals surface area (Å²) in [6.07, 6.45) is -3.97. The Morgan fingerprint density at radius 2 is 0.887 bits per heavy atom. The van der Waals surface area contributed by atoms with Gasteiger partial charge in [0.15, 0.2) is 0 Å². The number of benzene rings is 1. The standard InChI is InChI=1S/C43H63N9O18S/c1-21(2)35(42(68)49-27(17-18-71-3)39(65)47-25(11-15-32(56)57)38(64)51-29(43(69)70)20-34(60)61)52-40(66)26(12-16-33(58)59)48-41(67)28(19-22-7-5-4-6-8-22)50-37(63)24(10-14-31(54)55)46-36(62)23(44)9-13-30(45)53/h4-8,21,23-29,35H,9-20,44H2,1-3H3,(H2,45,53)(H,46,62)(H,47,65)(H,48,67)(H,49,68)(H,50,63)(H,51,64)(H,52,66)(H,54,55)(H,56,57)(H,58,59)(H,60,61)(H,69,70)/t23-,24-,25-,26-,27-,28-,29-,35-/m0/s1. The molecule has 0 saturated heterocycles. The normalized spacial score (nSPS) is 14.3. The zero-order valence-corrected chi connectivity index (χ0v) is 40.0. The monoisotopic (exact) mass is 1030 g/mol. The Labute approximate surface area is 411 Å². The van der Waals surface area contributed by atoms with E-state index in [1.807, 2.05) is 5.32 Å². The second-order valence-corrected chi connectivity index (χ2v) is 17.4. The van der Waals surface area contributed by atoms with Crippen LogP contribution in [-0.2, 0) is 68.7 Å². The van der Waals surface area contributed by atoms with Gasteiger partial charge >= 0.3 is 29.8 Å². The van der Waals surface area contributed by atoms with Crippen LogP contribution < -0.4 is 48.7 Å². The van der Waals surface area contributed by atoms with Crippen molar-refractivity contribution in [3.63, 3.8) is 0 Å². The van der Waals surface area contributed by atoms with Gasteiger partial charge in [0.25, 0.3) is 0 Å². The Morgan fingerprint density at radius 1 is 0.493 bits per heavy atom. The molecule has 1 aromatic carbocycles. The molecular formula is C43H63N9O18S. The van der Waals surface area contributed by atoms with E-state index in [2.05, 4.69) is 31.9 Å². The molecule has 0 aliphatic heterocycles. The fourth-order valence-corrected chi connectivity index (χ4v) is 6.87. The summed E-state index contributed by atoms with van der Waals surface area (Å²) >= 11 is 1.24. The van der Waals surface area contributed by atoms with Crippen LogP contribution in [-0.4, -0.2) is 163 Å². The van der Waals surface area contributed by atoms with E-state index < -0.39 is 176 Å². The number of nitrogens with one attached hydrogen (secondary N) is 7. The lowest BCUT2D eigenvalue weighted by molar-refractivity contribution is -0.147. The molecule has 0 aliphatic rings. The van der Waals surface area contributed by atoms with Gasteiger partial charge in [-0.05, 0) is 55.6 Å². The number of rotatable bonds is 35. The quantitative estimate of drug-likeness (QED) is 0.0318.